The average molecular weight is 469 g/mol. The van der Waals surface area contributed by atoms with Crippen molar-refractivity contribution in [2.24, 2.45) is 0 Å². The number of anilines is 1. The van der Waals surface area contributed by atoms with Gasteiger partial charge in [0.15, 0.2) is 15.0 Å². The average Bonchev–Trinajstić information content (AvgIpc) is 3.19. The Morgan fingerprint density at radius 1 is 1.13 bits per heavy atom. The summed E-state index contributed by atoms with van der Waals surface area (Å²) in [5, 5.41) is 2.30. The van der Waals surface area contributed by atoms with E-state index in [9.17, 15) is 17.2 Å². The number of sulfone groups is 1. The van der Waals surface area contributed by atoms with Crippen molar-refractivity contribution >= 4 is 37.9 Å². The fourth-order valence-corrected chi connectivity index (χ4v) is 6.33. The summed E-state index contributed by atoms with van der Waals surface area (Å²) >= 11 is 7.21. The first-order valence-electron chi connectivity index (χ1n) is 9.45. The highest BCUT2D eigenvalue weighted by molar-refractivity contribution is 7.92. The van der Waals surface area contributed by atoms with Crippen molar-refractivity contribution in [2.75, 3.05) is 18.0 Å². The molecule has 4 rings (SSSR count). The van der Waals surface area contributed by atoms with Crippen LogP contribution in [0.4, 0.5) is 13.9 Å². The smallest absolute Gasteiger partial charge is 0.185 e. The van der Waals surface area contributed by atoms with Gasteiger partial charge in [-0.3, -0.25) is 0 Å². The predicted octanol–water partition coefficient (Wildman–Crippen LogP) is 5.11. The molecule has 0 bridgehead atoms. The topological polar surface area (TPSA) is 50.3 Å². The summed E-state index contributed by atoms with van der Waals surface area (Å²) in [5.41, 5.74) is 1.61. The molecule has 1 fully saturated rings. The highest BCUT2D eigenvalue weighted by atomic mass is 35.5. The van der Waals surface area contributed by atoms with Crippen molar-refractivity contribution in [3.8, 4) is 0 Å². The van der Waals surface area contributed by atoms with Crippen LogP contribution in [0.1, 0.15) is 24.1 Å². The van der Waals surface area contributed by atoms with E-state index >= 15 is 0 Å². The van der Waals surface area contributed by atoms with E-state index in [-0.39, 0.29) is 9.92 Å². The van der Waals surface area contributed by atoms with E-state index in [4.69, 9.17) is 11.6 Å². The number of thiazole rings is 1. The van der Waals surface area contributed by atoms with Crippen LogP contribution in [0.15, 0.2) is 52.7 Å². The van der Waals surface area contributed by atoms with Gasteiger partial charge in [0.25, 0.3) is 0 Å². The lowest BCUT2D eigenvalue weighted by Crippen LogP contribution is -2.39. The zero-order valence-electron chi connectivity index (χ0n) is 15.9. The minimum absolute atomic E-state index is 0.0349. The van der Waals surface area contributed by atoms with E-state index in [1.54, 1.807) is 6.07 Å². The molecular weight excluding hydrogens is 450 g/mol. The molecule has 4 nitrogen and oxygen atoms in total. The van der Waals surface area contributed by atoms with Crippen LogP contribution >= 0.6 is 22.9 Å². The molecule has 0 amide bonds. The summed E-state index contributed by atoms with van der Waals surface area (Å²) in [4.78, 5) is 6.73. The monoisotopic (exact) mass is 468 g/mol. The fraction of sp³-hybridized carbons (Fsp3) is 0.286. The number of rotatable bonds is 5. The molecular formula is C21H19ClF2N2O2S2. The Morgan fingerprint density at radius 2 is 1.90 bits per heavy atom. The van der Waals surface area contributed by atoms with Gasteiger partial charge in [0, 0.05) is 24.9 Å². The molecule has 158 valence electrons. The van der Waals surface area contributed by atoms with Crippen LogP contribution in [0.25, 0.3) is 0 Å². The number of nitrogens with zero attached hydrogens (tertiary/aromatic N) is 2. The SMILES string of the molecule is O=S(=O)(c1cccc(F)c1)C1CCN(c2nc(Cc3ccc(Cl)c(F)c3)cs2)CC1. The molecule has 30 heavy (non-hydrogen) atoms. The van der Waals surface area contributed by atoms with Gasteiger partial charge in [-0.05, 0) is 48.7 Å². The van der Waals surface area contributed by atoms with Gasteiger partial charge >= 0.3 is 0 Å². The third kappa shape index (κ3) is 4.50. The molecule has 1 aliphatic heterocycles. The Morgan fingerprint density at radius 3 is 2.60 bits per heavy atom. The maximum atomic E-state index is 13.6. The minimum atomic E-state index is -3.56. The number of aromatic nitrogens is 1. The second kappa shape index (κ2) is 8.61. The maximum absolute atomic E-state index is 13.6. The molecule has 0 atom stereocenters. The van der Waals surface area contributed by atoms with Gasteiger partial charge in [-0.2, -0.15) is 0 Å². The van der Waals surface area contributed by atoms with Crippen LogP contribution in [-0.4, -0.2) is 31.7 Å². The minimum Gasteiger partial charge on any atom is -0.348 e. The number of halogens is 3. The van der Waals surface area contributed by atoms with Crippen molar-refractivity contribution in [3.05, 3.63) is 75.8 Å². The largest absolute Gasteiger partial charge is 0.348 e. The van der Waals surface area contributed by atoms with Crippen molar-refractivity contribution in [3.63, 3.8) is 0 Å². The van der Waals surface area contributed by atoms with Gasteiger partial charge in [-0.25, -0.2) is 22.2 Å². The second-order valence-electron chi connectivity index (χ2n) is 7.24. The first-order chi connectivity index (χ1) is 14.3. The standard InChI is InChI=1S/C21H19ClF2N2O2S2/c22-19-5-4-14(11-20(19)24)10-16-13-29-21(25-16)26-8-6-17(7-9-26)30(27,28)18-3-1-2-15(23)12-18/h1-5,11-13,17H,6-10H2. The zero-order valence-corrected chi connectivity index (χ0v) is 18.3. The molecule has 0 radical (unpaired) electrons. The van der Waals surface area contributed by atoms with Crippen LogP contribution in [-0.2, 0) is 16.3 Å². The van der Waals surface area contributed by atoms with Crippen LogP contribution < -0.4 is 4.90 Å². The molecule has 0 N–H and O–H groups in total. The zero-order chi connectivity index (χ0) is 21.3. The Kier molecular flexibility index (Phi) is 6.09. The first kappa shape index (κ1) is 21.2. The summed E-state index contributed by atoms with van der Waals surface area (Å²) < 4.78 is 52.7. The maximum Gasteiger partial charge on any atom is 0.185 e. The van der Waals surface area contributed by atoms with Gasteiger partial charge in [-0.1, -0.05) is 23.7 Å². The van der Waals surface area contributed by atoms with Crippen molar-refractivity contribution in [1.82, 2.24) is 4.98 Å². The molecule has 2 heterocycles. The highest BCUT2D eigenvalue weighted by Crippen LogP contribution is 2.30. The van der Waals surface area contributed by atoms with Crippen molar-refractivity contribution in [2.45, 2.75) is 29.4 Å². The molecule has 1 aromatic heterocycles. The third-order valence-electron chi connectivity index (χ3n) is 5.18. The number of hydrogen-bond acceptors (Lipinski definition) is 5. The van der Waals surface area contributed by atoms with Gasteiger partial charge in [-0.15, -0.1) is 11.3 Å². The molecule has 0 spiro atoms. The van der Waals surface area contributed by atoms with Gasteiger partial charge < -0.3 is 4.90 Å². The fourth-order valence-electron chi connectivity index (χ4n) is 3.58. The van der Waals surface area contributed by atoms with Gasteiger partial charge in [0.05, 0.1) is 20.9 Å². The van der Waals surface area contributed by atoms with E-state index in [1.165, 1.54) is 41.7 Å². The van der Waals surface area contributed by atoms with Crippen LogP contribution in [0.5, 0.6) is 0 Å². The number of hydrogen-bond donors (Lipinski definition) is 0. The lowest BCUT2D eigenvalue weighted by atomic mass is 10.1. The van der Waals surface area contributed by atoms with E-state index < -0.39 is 26.7 Å². The Hall–Kier alpha value is -2.03. The molecule has 2 aromatic carbocycles. The highest BCUT2D eigenvalue weighted by Gasteiger charge is 2.32. The molecule has 1 saturated heterocycles. The Labute approximate surface area is 183 Å². The quantitative estimate of drug-likeness (QED) is 0.522. The van der Waals surface area contributed by atoms with E-state index in [1.807, 2.05) is 5.38 Å². The number of benzene rings is 2. The molecule has 0 saturated carbocycles. The summed E-state index contributed by atoms with van der Waals surface area (Å²) in [6, 6.07) is 9.88. The molecule has 3 aromatic rings. The Bertz CT molecular complexity index is 1160. The van der Waals surface area contributed by atoms with E-state index in [2.05, 4.69) is 9.88 Å². The normalized spacial score (nSPS) is 15.5. The predicted molar refractivity (Wildman–Crippen MR) is 115 cm³/mol. The molecule has 0 aliphatic carbocycles. The van der Waals surface area contributed by atoms with Crippen LogP contribution in [0.3, 0.4) is 0 Å². The third-order valence-corrected chi connectivity index (χ3v) is 8.70. The van der Waals surface area contributed by atoms with Crippen molar-refractivity contribution in [1.29, 1.82) is 0 Å². The Balaban J connectivity index is 1.40. The van der Waals surface area contributed by atoms with Crippen LogP contribution in [0.2, 0.25) is 5.02 Å². The second-order valence-corrected chi connectivity index (χ2v) is 10.7. The van der Waals surface area contributed by atoms with E-state index in [0.29, 0.717) is 32.4 Å². The van der Waals surface area contributed by atoms with E-state index in [0.717, 1.165) is 22.5 Å². The number of piperidine rings is 1. The summed E-state index contributed by atoms with van der Waals surface area (Å²) in [7, 11) is -3.56. The summed E-state index contributed by atoms with van der Waals surface area (Å²) in [6.45, 7) is 1.11. The molecule has 9 heteroatoms. The lowest BCUT2D eigenvalue weighted by molar-refractivity contribution is 0.528. The molecule has 1 aliphatic rings. The first-order valence-corrected chi connectivity index (χ1v) is 12.3. The van der Waals surface area contributed by atoms with Crippen molar-refractivity contribution < 1.29 is 17.2 Å². The lowest BCUT2D eigenvalue weighted by Gasteiger charge is -2.31. The summed E-state index contributed by atoms with van der Waals surface area (Å²) in [6.07, 6.45) is 1.40. The van der Waals surface area contributed by atoms with Gasteiger partial charge in [0.1, 0.15) is 11.6 Å². The van der Waals surface area contributed by atoms with Crippen LogP contribution in [0, 0.1) is 11.6 Å². The summed E-state index contributed by atoms with van der Waals surface area (Å²) in [5.74, 6) is -1.00. The molecule has 0 unspecified atom stereocenters. The van der Waals surface area contributed by atoms with Gasteiger partial charge in [0.2, 0.25) is 0 Å².